The van der Waals surface area contributed by atoms with Gasteiger partial charge in [0.15, 0.2) is 0 Å². The predicted molar refractivity (Wildman–Crippen MR) is 88.1 cm³/mol. The lowest BCUT2D eigenvalue weighted by molar-refractivity contribution is 0.414. The van der Waals surface area contributed by atoms with Crippen LogP contribution in [0.4, 0.5) is 0 Å². The second-order valence-corrected chi connectivity index (χ2v) is 7.49. The molecule has 2 aromatic heterocycles. The van der Waals surface area contributed by atoms with E-state index >= 15 is 0 Å². The van der Waals surface area contributed by atoms with Gasteiger partial charge in [0.1, 0.15) is 5.75 Å². The summed E-state index contributed by atoms with van der Waals surface area (Å²) < 4.78 is 7.96. The van der Waals surface area contributed by atoms with E-state index in [2.05, 4.69) is 45.6 Å². The molecule has 98 valence electrons. The van der Waals surface area contributed by atoms with Crippen LogP contribution in [0.1, 0.15) is 15.3 Å². The third-order valence-corrected chi connectivity index (χ3v) is 6.37. The highest BCUT2D eigenvalue weighted by Gasteiger charge is 2.12. The molecule has 0 N–H and O–H groups in total. The van der Waals surface area contributed by atoms with Crippen molar-refractivity contribution < 1.29 is 4.74 Å². The summed E-state index contributed by atoms with van der Waals surface area (Å²) in [4.78, 5) is 1.78. The minimum Gasteiger partial charge on any atom is -0.497 e. The van der Waals surface area contributed by atoms with Gasteiger partial charge in [-0.1, -0.05) is 28.1 Å². The molecule has 0 saturated carbocycles. The molecule has 1 atom stereocenters. The number of fused-ring (bicyclic) bond motifs is 1. The lowest BCUT2D eigenvalue weighted by Gasteiger charge is -2.08. The standard InChI is InChI=1S/C15H13BrOS2/c1-17-11-4-2-10(3-5-11)8-12(16)14-9-15-13(19-14)6-7-18-15/h2-7,9,12H,8H2,1H3. The van der Waals surface area contributed by atoms with Crippen LogP contribution in [-0.2, 0) is 6.42 Å². The molecule has 0 bridgehead atoms. The normalized spacial score (nSPS) is 12.7. The first kappa shape index (κ1) is 13.2. The minimum absolute atomic E-state index is 0.380. The van der Waals surface area contributed by atoms with Crippen LogP contribution in [0.3, 0.4) is 0 Å². The lowest BCUT2D eigenvalue weighted by Crippen LogP contribution is -1.93. The zero-order chi connectivity index (χ0) is 13.2. The molecule has 0 aliphatic carbocycles. The number of alkyl halides is 1. The highest BCUT2D eigenvalue weighted by Crippen LogP contribution is 2.38. The number of benzene rings is 1. The van der Waals surface area contributed by atoms with Crippen LogP contribution >= 0.6 is 38.6 Å². The molecule has 3 aromatic rings. The van der Waals surface area contributed by atoms with Crippen LogP contribution < -0.4 is 4.74 Å². The van der Waals surface area contributed by atoms with E-state index in [-0.39, 0.29) is 0 Å². The molecular weight excluding hydrogens is 340 g/mol. The number of ether oxygens (including phenoxy) is 1. The highest BCUT2D eigenvalue weighted by atomic mass is 79.9. The van der Waals surface area contributed by atoms with E-state index in [4.69, 9.17) is 4.74 Å². The number of rotatable bonds is 4. The Hall–Kier alpha value is -0.840. The van der Waals surface area contributed by atoms with Crippen LogP contribution in [0.5, 0.6) is 5.75 Å². The minimum atomic E-state index is 0.380. The molecule has 19 heavy (non-hydrogen) atoms. The first-order chi connectivity index (χ1) is 9.26. The van der Waals surface area contributed by atoms with Crippen molar-refractivity contribution in [3.8, 4) is 5.75 Å². The Morgan fingerprint density at radius 3 is 2.63 bits per heavy atom. The second kappa shape index (κ2) is 5.65. The van der Waals surface area contributed by atoms with Gasteiger partial charge in [0, 0.05) is 14.3 Å². The average Bonchev–Trinajstić information content (AvgIpc) is 3.00. The fraction of sp³-hybridized carbons (Fsp3) is 0.200. The van der Waals surface area contributed by atoms with Crippen molar-refractivity contribution in [2.75, 3.05) is 7.11 Å². The second-order valence-electron chi connectivity index (χ2n) is 4.32. The summed E-state index contributed by atoms with van der Waals surface area (Å²) in [6.07, 6.45) is 0.998. The number of thiophene rings is 2. The van der Waals surface area contributed by atoms with Crippen molar-refractivity contribution in [3.05, 3.63) is 52.2 Å². The molecule has 0 fully saturated rings. The van der Waals surface area contributed by atoms with E-state index < -0.39 is 0 Å². The van der Waals surface area contributed by atoms with Gasteiger partial charge in [-0.05, 0) is 41.6 Å². The van der Waals surface area contributed by atoms with Crippen molar-refractivity contribution in [3.63, 3.8) is 0 Å². The Kier molecular flexibility index (Phi) is 3.91. The van der Waals surface area contributed by atoms with E-state index in [1.54, 1.807) is 7.11 Å². The molecule has 0 aliphatic heterocycles. The van der Waals surface area contributed by atoms with Gasteiger partial charge in [0.25, 0.3) is 0 Å². The smallest absolute Gasteiger partial charge is 0.118 e. The Bertz CT molecular complexity index is 640. The van der Waals surface area contributed by atoms with Gasteiger partial charge in [-0.25, -0.2) is 0 Å². The molecule has 4 heteroatoms. The first-order valence-electron chi connectivity index (χ1n) is 6.00. The zero-order valence-corrected chi connectivity index (χ0v) is 13.6. The molecule has 0 amide bonds. The third-order valence-electron chi connectivity index (χ3n) is 3.04. The summed E-state index contributed by atoms with van der Waals surface area (Å²) in [7, 11) is 1.70. The van der Waals surface area contributed by atoms with Crippen LogP contribution in [0.25, 0.3) is 9.40 Å². The van der Waals surface area contributed by atoms with Crippen molar-refractivity contribution in [1.29, 1.82) is 0 Å². The zero-order valence-electron chi connectivity index (χ0n) is 10.4. The van der Waals surface area contributed by atoms with Crippen LogP contribution in [0.2, 0.25) is 0 Å². The van der Waals surface area contributed by atoms with Crippen LogP contribution in [0.15, 0.2) is 41.8 Å². The van der Waals surface area contributed by atoms with Crippen LogP contribution in [0, 0.1) is 0 Å². The number of hydrogen-bond donors (Lipinski definition) is 0. The molecule has 3 rings (SSSR count). The van der Waals surface area contributed by atoms with Crippen molar-refractivity contribution in [2.24, 2.45) is 0 Å². The molecule has 2 heterocycles. The van der Waals surface area contributed by atoms with E-state index in [1.807, 2.05) is 34.8 Å². The molecule has 0 radical (unpaired) electrons. The molecule has 1 aromatic carbocycles. The summed E-state index contributed by atoms with van der Waals surface area (Å²) in [5.41, 5.74) is 1.32. The highest BCUT2D eigenvalue weighted by molar-refractivity contribution is 9.09. The molecule has 1 unspecified atom stereocenters. The fourth-order valence-corrected chi connectivity index (χ4v) is 4.89. The van der Waals surface area contributed by atoms with Crippen molar-refractivity contribution in [2.45, 2.75) is 11.2 Å². The lowest BCUT2D eigenvalue weighted by atomic mass is 10.1. The largest absolute Gasteiger partial charge is 0.497 e. The van der Waals surface area contributed by atoms with E-state index in [0.29, 0.717) is 4.83 Å². The van der Waals surface area contributed by atoms with Crippen molar-refractivity contribution in [1.82, 2.24) is 0 Å². The Morgan fingerprint density at radius 1 is 1.16 bits per heavy atom. The van der Waals surface area contributed by atoms with Gasteiger partial charge in [0.2, 0.25) is 0 Å². The Balaban J connectivity index is 1.76. The number of methoxy groups -OCH3 is 1. The van der Waals surface area contributed by atoms with Gasteiger partial charge < -0.3 is 4.74 Å². The summed E-state index contributed by atoms with van der Waals surface area (Å²) in [6, 6.07) is 12.8. The molecule has 0 spiro atoms. The summed E-state index contributed by atoms with van der Waals surface area (Å²) >= 11 is 7.49. The molecular formula is C15H13BrOS2. The maximum absolute atomic E-state index is 5.18. The SMILES string of the molecule is COc1ccc(CC(Br)c2cc3sccc3s2)cc1. The van der Waals surface area contributed by atoms with E-state index in [1.165, 1.54) is 19.8 Å². The van der Waals surface area contributed by atoms with Gasteiger partial charge in [-0.2, -0.15) is 0 Å². The Labute approximate surface area is 129 Å². The van der Waals surface area contributed by atoms with Gasteiger partial charge in [0.05, 0.1) is 11.9 Å². The first-order valence-corrected chi connectivity index (χ1v) is 8.61. The van der Waals surface area contributed by atoms with Gasteiger partial charge >= 0.3 is 0 Å². The summed E-state index contributed by atoms with van der Waals surface area (Å²) in [5.74, 6) is 0.909. The Morgan fingerprint density at radius 2 is 1.95 bits per heavy atom. The average molecular weight is 353 g/mol. The maximum atomic E-state index is 5.18. The molecule has 0 aliphatic rings. The predicted octanol–water partition coefficient (Wildman–Crippen LogP) is 5.65. The number of hydrogen-bond acceptors (Lipinski definition) is 3. The third kappa shape index (κ3) is 2.86. The van der Waals surface area contributed by atoms with Crippen molar-refractivity contribution >= 4 is 48.0 Å². The molecule has 1 nitrogen and oxygen atoms in total. The topological polar surface area (TPSA) is 9.23 Å². The van der Waals surface area contributed by atoms with Crippen LogP contribution in [-0.4, -0.2) is 7.11 Å². The van der Waals surface area contributed by atoms with E-state index in [0.717, 1.165) is 12.2 Å². The van der Waals surface area contributed by atoms with Gasteiger partial charge in [-0.15, -0.1) is 22.7 Å². The maximum Gasteiger partial charge on any atom is 0.118 e. The summed E-state index contributed by atoms with van der Waals surface area (Å²) in [5, 5.41) is 2.15. The fourth-order valence-electron chi connectivity index (χ4n) is 2.01. The monoisotopic (exact) mass is 352 g/mol. The quantitative estimate of drug-likeness (QED) is 0.551. The van der Waals surface area contributed by atoms with Gasteiger partial charge in [-0.3, -0.25) is 0 Å². The molecule has 0 saturated heterocycles. The summed E-state index contributed by atoms with van der Waals surface area (Å²) in [6.45, 7) is 0. The van der Waals surface area contributed by atoms with E-state index in [9.17, 15) is 0 Å². The number of halogens is 1.